The molecule has 11 rings (SSSR count). The summed E-state index contributed by atoms with van der Waals surface area (Å²) in [6.45, 7) is 8.34. The van der Waals surface area contributed by atoms with Crippen LogP contribution in [0.3, 0.4) is 0 Å². The van der Waals surface area contributed by atoms with E-state index >= 15 is 8.78 Å². The van der Waals surface area contributed by atoms with Crippen molar-refractivity contribution in [3.8, 4) is 6.07 Å². The highest BCUT2D eigenvalue weighted by atomic mass is 79.9. The Morgan fingerprint density at radius 2 is 1.96 bits per heavy atom. The average molecular weight is 725 g/mol. The van der Waals surface area contributed by atoms with Crippen molar-refractivity contribution in [2.45, 2.75) is 100 Å². The third-order valence-electron chi connectivity index (χ3n) is 12.0. The number of ether oxygens (including phenoxy) is 1. The Morgan fingerprint density at radius 1 is 1.23 bits per heavy atom. The third kappa shape index (κ3) is 3.87. The monoisotopic (exact) mass is 723 g/mol. The number of hydrogen-bond donors (Lipinski definition) is 0. The second-order valence-electron chi connectivity index (χ2n) is 15.7. The Hall–Kier alpha value is -2.91. The first kappa shape index (κ1) is 30.2. The molecule has 2 amide bonds. The lowest BCUT2D eigenvalue weighted by atomic mass is 9.79. The van der Waals surface area contributed by atoms with Gasteiger partial charge in [-0.25, -0.2) is 18.6 Å². The van der Waals surface area contributed by atoms with Gasteiger partial charge in [-0.05, 0) is 104 Å². The van der Waals surface area contributed by atoms with Crippen LogP contribution in [0.15, 0.2) is 21.6 Å². The molecule has 4 saturated carbocycles. The highest BCUT2D eigenvalue weighted by molar-refractivity contribution is 9.10. The van der Waals surface area contributed by atoms with E-state index in [1.165, 1.54) is 11.8 Å². The van der Waals surface area contributed by atoms with E-state index in [1.54, 1.807) is 0 Å². The lowest BCUT2D eigenvalue weighted by Gasteiger charge is -2.40. The van der Waals surface area contributed by atoms with Crippen molar-refractivity contribution in [3.05, 3.63) is 33.7 Å². The maximum Gasteiger partial charge on any atom is 0.410 e. The van der Waals surface area contributed by atoms with Crippen molar-refractivity contribution < 1.29 is 23.1 Å². The summed E-state index contributed by atoms with van der Waals surface area (Å²) in [5, 5.41) is 11.5. The van der Waals surface area contributed by atoms with Crippen LogP contribution in [0.25, 0.3) is 21.8 Å². The van der Waals surface area contributed by atoms with E-state index in [0.717, 1.165) is 23.0 Å². The minimum Gasteiger partial charge on any atom is -0.444 e. The molecule has 0 spiro atoms. The topological polar surface area (TPSA) is 91.5 Å². The van der Waals surface area contributed by atoms with Gasteiger partial charge in [0.2, 0.25) is 0 Å². The van der Waals surface area contributed by atoms with Crippen molar-refractivity contribution in [1.82, 2.24) is 19.4 Å². The van der Waals surface area contributed by atoms with Gasteiger partial charge in [0, 0.05) is 41.4 Å². The van der Waals surface area contributed by atoms with E-state index in [2.05, 4.69) is 39.6 Å². The Morgan fingerprint density at radius 3 is 2.60 bits per heavy atom. The molecule has 1 unspecified atom stereocenters. The zero-order valence-corrected chi connectivity index (χ0v) is 29.3. The number of amides is 2. The lowest BCUT2D eigenvalue weighted by molar-refractivity contribution is -0.139. The molecule has 2 aromatic heterocycles. The SMILES string of the molecule is CSc1nc2c(F)c(Br)c(CCC#N)cc2c2c1cc([C@H]1C3[C@@H]4[C@H](N1C(=O)C1(F)CC1)[C@]34C)n2[C@H]1[C@@H]2C[C@H]1N(C(=O)OC(C)(C)C)C2. The fraction of sp³-hybridized carbons (Fsp3) is 0.600. The molecule has 47 heavy (non-hydrogen) atoms. The average Bonchev–Trinajstić information content (AvgIpc) is 3.71. The molecular formula is C35H36BrF2N5O3S. The highest BCUT2D eigenvalue weighted by Crippen LogP contribution is 2.90. The molecule has 12 heteroatoms. The number of nitriles is 1. The predicted molar refractivity (Wildman–Crippen MR) is 176 cm³/mol. The largest absolute Gasteiger partial charge is 0.444 e. The smallest absolute Gasteiger partial charge is 0.410 e. The molecule has 0 radical (unpaired) electrons. The Labute approximate surface area is 284 Å². The number of aryl methyl sites for hydroxylation is 1. The van der Waals surface area contributed by atoms with Crippen molar-refractivity contribution in [2.24, 2.45) is 23.2 Å². The Bertz CT molecular complexity index is 2000. The Kier molecular flexibility index (Phi) is 6.04. The van der Waals surface area contributed by atoms with Gasteiger partial charge in [-0.2, -0.15) is 5.26 Å². The number of rotatable bonds is 6. The first-order chi connectivity index (χ1) is 22.2. The second-order valence-corrected chi connectivity index (χ2v) is 17.3. The number of nitrogens with zero attached hydrogens (tertiary/aromatic N) is 5. The van der Waals surface area contributed by atoms with Gasteiger partial charge in [-0.15, -0.1) is 11.8 Å². The van der Waals surface area contributed by atoms with Crippen molar-refractivity contribution >= 4 is 61.5 Å². The number of carbonyl (C=O) groups is 2. The van der Waals surface area contributed by atoms with Crippen molar-refractivity contribution in [3.63, 3.8) is 0 Å². The van der Waals surface area contributed by atoms with E-state index in [1.807, 2.05) is 42.9 Å². The van der Waals surface area contributed by atoms with Crippen LogP contribution < -0.4 is 0 Å². The molecule has 8 fully saturated rings. The standard InChI is InChI=1S/C35H36BrF2N5O3S/c1-33(2,3)46-32(45)41-14-16-12-19(41)26(16)42-20(28-21-22-29(34(21,22)4)43(28)31(44)35(38)8-9-35)13-18-27(42)17-11-15(7-6-10-39)23(36)24(37)25(17)40-30(18)47-5/h11,13,16,19,21-22,26,28-29H,6-9,12,14H2,1-5H3/t16-,19-,21?,22-,26+,28+,29+,34-/m1/s1. The summed E-state index contributed by atoms with van der Waals surface area (Å²) in [6, 6.07) is 5.71. The number of fused-ring (bicyclic) bond motifs is 5. The van der Waals surface area contributed by atoms with E-state index < -0.39 is 23.0 Å². The summed E-state index contributed by atoms with van der Waals surface area (Å²) in [6.07, 6.45) is 3.53. The van der Waals surface area contributed by atoms with Crippen LogP contribution >= 0.6 is 27.7 Å². The molecule has 4 aliphatic heterocycles. The van der Waals surface area contributed by atoms with Gasteiger partial charge < -0.3 is 19.1 Å². The van der Waals surface area contributed by atoms with Crippen LogP contribution in [0.1, 0.15) is 76.7 Å². The van der Waals surface area contributed by atoms with Gasteiger partial charge in [0.1, 0.15) is 16.1 Å². The number of aromatic nitrogens is 2. The van der Waals surface area contributed by atoms with E-state index in [0.29, 0.717) is 39.3 Å². The number of alkyl halides is 1. The Balaban J connectivity index is 1.27. The van der Waals surface area contributed by atoms with Gasteiger partial charge in [0.15, 0.2) is 11.5 Å². The van der Waals surface area contributed by atoms with Gasteiger partial charge >= 0.3 is 6.09 Å². The molecule has 4 aliphatic carbocycles. The van der Waals surface area contributed by atoms with E-state index in [-0.39, 0.29) is 72.3 Å². The van der Waals surface area contributed by atoms with Crippen molar-refractivity contribution in [2.75, 3.05) is 12.8 Å². The molecular weight excluding hydrogens is 688 g/mol. The van der Waals surface area contributed by atoms with Crippen LogP contribution in [0.5, 0.6) is 0 Å². The molecule has 4 saturated heterocycles. The summed E-state index contributed by atoms with van der Waals surface area (Å²) < 4.78 is 40.1. The molecule has 246 valence electrons. The highest BCUT2D eigenvalue weighted by Gasteiger charge is 2.94. The van der Waals surface area contributed by atoms with Crippen LogP contribution in [0.4, 0.5) is 13.6 Å². The second kappa shape index (κ2) is 9.41. The molecule has 3 aromatic rings. The number of pyridine rings is 1. The zero-order chi connectivity index (χ0) is 33.1. The summed E-state index contributed by atoms with van der Waals surface area (Å²) in [5.41, 5.74) is 0.240. The summed E-state index contributed by atoms with van der Waals surface area (Å²) in [5.74, 6) is -0.135. The van der Waals surface area contributed by atoms with Gasteiger partial charge in [-0.3, -0.25) is 4.79 Å². The number of carbonyl (C=O) groups excluding carboxylic acids is 2. The maximum atomic E-state index is 16.2. The summed E-state index contributed by atoms with van der Waals surface area (Å²) in [7, 11) is 0. The third-order valence-corrected chi connectivity index (χ3v) is 13.6. The van der Waals surface area contributed by atoms with Crippen LogP contribution in [0.2, 0.25) is 0 Å². The minimum absolute atomic E-state index is 0.00189. The molecule has 4 bridgehead atoms. The molecule has 6 heterocycles. The minimum atomic E-state index is -1.78. The molecule has 1 aromatic carbocycles. The predicted octanol–water partition coefficient (Wildman–Crippen LogP) is 7.47. The summed E-state index contributed by atoms with van der Waals surface area (Å²) in [4.78, 5) is 35.8. The van der Waals surface area contributed by atoms with Gasteiger partial charge in [0.25, 0.3) is 5.91 Å². The number of thioether (sulfide) groups is 1. The number of hydrogen-bond acceptors (Lipinski definition) is 6. The van der Waals surface area contributed by atoms with Crippen molar-refractivity contribution in [1.29, 1.82) is 5.26 Å². The van der Waals surface area contributed by atoms with Crippen LogP contribution in [0, 0.1) is 40.3 Å². The number of benzene rings is 1. The van der Waals surface area contributed by atoms with E-state index in [9.17, 15) is 14.9 Å². The normalized spacial score (nSPS) is 33.6. The molecule has 8 nitrogen and oxygen atoms in total. The van der Waals surface area contributed by atoms with Crippen LogP contribution in [-0.4, -0.2) is 67.5 Å². The van der Waals surface area contributed by atoms with Crippen LogP contribution in [-0.2, 0) is 16.0 Å². The quantitative estimate of drug-likeness (QED) is 0.245. The first-order valence-corrected chi connectivity index (χ1v) is 18.5. The zero-order valence-electron chi connectivity index (χ0n) is 26.9. The molecule has 8 aliphatic rings. The fourth-order valence-electron chi connectivity index (χ4n) is 9.59. The first-order valence-electron chi connectivity index (χ1n) is 16.5. The van der Waals surface area contributed by atoms with Gasteiger partial charge in [0.05, 0.1) is 34.2 Å². The van der Waals surface area contributed by atoms with Gasteiger partial charge in [-0.1, -0.05) is 6.92 Å². The van der Waals surface area contributed by atoms with E-state index in [4.69, 9.17) is 9.72 Å². The maximum absolute atomic E-state index is 16.2. The molecule has 0 N–H and O–H groups in total. The number of piperidine rings is 1. The fourth-order valence-corrected chi connectivity index (χ4v) is 10.7. The molecule has 8 atom stereocenters. The summed E-state index contributed by atoms with van der Waals surface area (Å²) >= 11 is 4.88. The number of halogens is 3. The lowest BCUT2D eigenvalue weighted by Crippen LogP contribution is -2.45.